The van der Waals surface area contributed by atoms with Crippen LogP contribution in [-0.2, 0) is 27.9 Å². The summed E-state index contributed by atoms with van der Waals surface area (Å²) in [5.74, 6) is -0.476. The number of unbranched alkanes of at least 4 members (excludes halogenated alkanes) is 31. The zero-order valence-electron chi connectivity index (χ0n) is 42.0. The molecule has 0 aliphatic heterocycles. The van der Waals surface area contributed by atoms with E-state index in [4.69, 9.17) is 18.5 Å². The number of ether oxygens (including phenoxy) is 2. The minimum Gasteiger partial charge on any atom is -0.457 e. The van der Waals surface area contributed by atoms with E-state index in [0.717, 1.165) is 51.4 Å². The molecule has 6 atom stereocenters. The van der Waals surface area contributed by atoms with E-state index in [2.05, 4.69) is 38.2 Å². The highest BCUT2D eigenvalue weighted by Crippen LogP contribution is 2.47. The fourth-order valence-corrected chi connectivity index (χ4v) is 9.44. The third-order valence-corrected chi connectivity index (χ3v) is 13.8. The van der Waals surface area contributed by atoms with Gasteiger partial charge in [-0.2, -0.15) is 0 Å². The molecule has 0 radical (unpaired) electrons. The lowest BCUT2D eigenvalue weighted by molar-refractivity contribution is -0.220. The van der Waals surface area contributed by atoms with Crippen molar-refractivity contribution in [1.82, 2.24) is 0 Å². The van der Waals surface area contributed by atoms with Gasteiger partial charge in [-0.1, -0.05) is 199 Å². The molecule has 6 N–H and O–H groups in total. The number of rotatable bonds is 47. The molecule has 13 heteroatoms. The molecular formula is C53H101O12P. The summed E-state index contributed by atoms with van der Waals surface area (Å²) in [6.07, 6.45) is 39.6. The molecular weight excluding hydrogens is 860 g/mol. The Labute approximate surface area is 402 Å². The number of hydrogen-bond donors (Lipinski definition) is 6. The Morgan fingerprint density at radius 2 is 0.803 bits per heavy atom. The molecule has 1 aliphatic rings. The predicted octanol–water partition coefficient (Wildman–Crippen LogP) is 12.4. The molecule has 0 aromatic rings. The number of phosphoric acid groups is 1. The Morgan fingerprint density at radius 1 is 0.470 bits per heavy atom. The second-order valence-corrected chi connectivity index (χ2v) is 20.5. The maximum absolute atomic E-state index is 12.9. The molecule has 1 saturated carbocycles. The van der Waals surface area contributed by atoms with Gasteiger partial charge in [0.2, 0.25) is 0 Å². The van der Waals surface area contributed by atoms with E-state index >= 15 is 0 Å². The number of carbonyl (C=O) groups is 1. The second-order valence-electron chi connectivity index (χ2n) is 19.1. The minimum absolute atomic E-state index is 0.0778. The van der Waals surface area contributed by atoms with Crippen molar-refractivity contribution in [1.29, 1.82) is 0 Å². The summed E-state index contributed by atoms with van der Waals surface area (Å²) in [5.41, 5.74) is 0. The molecule has 66 heavy (non-hydrogen) atoms. The largest absolute Gasteiger partial charge is 0.472 e. The lowest BCUT2D eigenvalue weighted by Gasteiger charge is -2.41. The average molecular weight is 961 g/mol. The van der Waals surface area contributed by atoms with Crippen LogP contribution >= 0.6 is 7.82 Å². The van der Waals surface area contributed by atoms with Gasteiger partial charge < -0.3 is 39.9 Å². The van der Waals surface area contributed by atoms with Gasteiger partial charge in [0.05, 0.1) is 13.2 Å². The third-order valence-electron chi connectivity index (χ3n) is 12.8. The van der Waals surface area contributed by atoms with E-state index in [9.17, 15) is 39.8 Å². The van der Waals surface area contributed by atoms with Gasteiger partial charge in [-0.05, 0) is 64.2 Å². The van der Waals surface area contributed by atoms with E-state index in [1.54, 1.807) is 0 Å². The summed E-state index contributed by atoms with van der Waals surface area (Å²) in [6.45, 7) is 4.28. The fourth-order valence-electron chi connectivity index (χ4n) is 8.46. The van der Waals surface area contributed by atoms with Crippen molar-refractivity contribution >= 4 is 13.8 Å². The van der Waals surface area contributed by atoms with Crippen LogP contribution in [0.15, 0.2) is 24.3 Å². The molecule has 1 fully saturated rings. The van der Waals surface area contributed by atoms with E-state index in [0.29, 0.717) is 13.0 Å². The maximum atomic E-state index is 12.9. The van der Waals surface area contributed by atoms with Crippen LogP contribution in [0.5, 0.6) is 0 Å². The van der Waals surface area contributed by atoms with E-state index in [1.807, 2.05) is 0 Å². The standard InChI is InChI=1S/C53H101O12P/c1-3-5-7-9-11-13-15-17-19-21-22-23-24-25-26-27-28-30-32-34-36-38-40-42-47(54)64-46(45-63-66(60,61)65-53-51(58)49(56)48(55)50(57)52(53)59)44-62-43-41-39-37-35-33-31-29-20-18-16-14-12-10-8-6-4-2/h18,20-22,46,48-53,55-59H,3-17,19,23-45H2,1-2H3,(H,60,61)/b20-18-,22-21-. The Kier molecular flexibility index (Phi) is 41.7. The Balaban J connectivity index is 2.30. The molecule has 1 rings (SSSR count). The van der Waals surface area contributed by atoms with E-state index < -0.39 is 63.1 Å². The molecule has 12 nitrogen and oxygen atoms in total. The fraction of sp³-hybridized carbons (Fsp3) is 0.906. The lowest BCUT2D eigenvalue weighted by atomic mass is 9.85. The normalized spacial score (nSPS) is 21.5. The molecule has 0 saturated heterocycles. The number of allylic oxidation sites excluding steroid dienone is 4. The molecule has 6 unspecified atom stereocenters. The molecule has 0 bridgehead atoms. The average Bonchev–Trinajstić information content (AvgIpc) is 3.30. The first-order valence-corrected chi connectivity index (χ1v) is 28.7. The van der Waals surface area contributed by atoms with Crippen molar-refractivity contribution in [2.45, 2.75) is 288 Å². The van der Waals surface area contributed by atoms with Crippen molar-refractivity contribution in [3.8, 4) is 0 Å². The summed E-state index contributed by atoms with van der Waals surface area (Å²) in [7, 11) is -5.02. The van der Waals surface area contributed by atoms with Crippen molar-refractivity contribution in [2.75, 3.05) is 19.8 Å². The first-order valence-electron chi connectivity index (χ1n) is 27.2. The van der Waals surface area contributed by atoms with Crippen molar-refractivity contribution in [3.63, 3.8) is 0 Å². The SMILES string of the molecule is CCCCCCCC/C=C\CCCCCCCCOCC(COP(=O)(O)OC1C(O)C(O)C(O)C(O)C1O)OC(=O)CCCCCCCCCCCCC/C=C\CCCCCCCCCC. The van der Waals surface area contributed by atoms with Crippen molar-refractivity contribution in [3.05, 3.63) is 24.3 Å². The number of esters is 1. The van der Waals surface area contributed by atoms with Crippen molar-refractivity contribution < 1.29 is 58.3 Å². The summed E-state index contributed by atoms with van der Waals surface area (Å²) >= 11 is 0. The van der Waals surface area contributed by atoms with Gasteiger partial charge in [0.15, 0.2) is 0 Å². The molecule has 0 amide bonds. The maximum Gasteiger partial charge on any atom is 0.472 e. The highest BCUT2D eigenvalue weighted by Gasteiger charge is 2.51. The van der Waals surface area contributed by atoms with Crippen molar-refractivity contribution in [2.24, 2.45) is 0 Å². The second kappa shape index (κ2) is 43.8. The number of carbonyl (C=O) groups excluding carboxylic acids is 1. The van der Waals surface area contributed by atoms with Crippen LogP contribution in [0.4, 0.5) is 0 Å². The van der Waals surface area contributed by atoms with Gasteiger partial charge in [-0.25, -0.2) is 4.57 Å². The van der Waals surface area contributed by atoms with Crippen LogP contribution in [0, 0.1) is 0 Å². The van der Waals surface area contributed by atoms with Gasteiger partial charge in [0.1, 0.15) is 42.7 Å². The smallest absolute Gasteiger partial charge is 0.457 e. The molecule has 0 spiro atoms. The Bertz CT molecular complexity index is 1190. The van der Waals surface area contributed by atoms with Gasteiger partial charge in [-0.15, -0.1) is 0 Å². The van der Waals surface area contributed by atoms with Gasteiger partial charge in [0.25, 0.3) is 0 Å². The number of aliphatic hydroxyl groups is 5. The van der Waals surface area contributed by atoms with E-state index in [-0.39, 0.29) is 13.0 Å². The lowest BCUT2D eigenvalue weighted by Crippen LogP contribution is -2.64. The molecule has 0 heterocycles. The third kappa shape index (κ3) is 35.0. The highest BCUT2D eigenvalue weighted by molar-refractivity contribution is 7.47. The highest BCUT2D eigenvalue weighted by atomic mass is 31.2. The quantitative estimate of drug-likeness (QED) is 0.0147. The number of aliphatic hydroxyl groups excluding tert-OH is 5. The molecule has 0 aromatic carbocycles. The van der Waals surface area contributed by atoms with Crippen LogP contribution < -0.4 is 0 Å². The Hall–Kier alpha value is -1.18. The summed E-state index contributed by atoms with van der Waals surface area (Å²) < 4.78 is 34.3. The summed E-state index contributed by atoms with van der Waals surface area (Å²) in [6, 6.07) is 0. The number of hydrogen-bond acceptors (Lipinski definition) is 11. The summed E-state index contributed by atoms with van der Waals surface area (Å²) in [5, 5.41) is 50.3. The zero-order valence-corrected chi connectivity index (χ0v) is 42.9. The topological polar surface area (TPSA) is 192 Å². The Morgan fingerprint density at radius 3 is 1.20 bits per heavy atom. The first-order chi connectivity index (χ1) is 32.0. The predicted molar refractivity (Wildman–Crippen MR) is 267 cm³/mol. The van der Waals surface area contributed by atoms with Crippen LogP contribution in [0.25, 0.3) is 0 Å². The van der Waals surface area contributed by atoms with Gasteiger partial charge in [0, 0.05) is 13.0 Å². The van der Waals surface area contributed by atoms with Crippen LogP contribution in [0.3, 0.4) is 0 Å². The van der Waals surface area contributed by atoms with Crippen LogP contribution in [-0.4, -0.2) is 98.9 Å². The minimum atomic E-state index is -5.02. The molecule has 390 valence electrons. The summed E-state index contributed by atoms with van der Waals surface area (Å²) in [4.78, 5) is 23.3. The molecule has 0 aromatic heterocycles. The van der Waals surface area contributed by atoms with Crippen LogP contribution in [0.2, 0.25) is 0 Å². The van der Waals surface area contributed by atoms with Crippen LogP contribution in [0.1, 0.15) is 245 Å². The number of phosphoric ester groups is 1. The van der Waals surface area contributed by atoms with E-state index in [1.165, 1.54) is 167 Å². The monoisotopic (exact) mass is 961 g/mol. The van der Waals surface area contributed by atoms with Gasteiger partial charge in [-0.3, -0.25) is 13.8 Å². The first kappa shape index (κ1) is 62.8. The van der Waals surface area contributed by atoms with Gasteiger partial charge >= 0.3 is 13.8 Å². The zero-order chi connectivity index (χ0) is 48.4. The molecule has 1 aliphatic carbocycles.